The minimum absolute atomic E-state index is 0.255. The predicted molar refractivity (Wildman–Crippen MR) is 73.5 cm³/mol. The highest BCUT2D eigenvalue weighted by Gasteiger charge is 2.21. The van der Waals surface area contributed by atoms with Gasteiger partial charge in [0.05, 0.1) is 5.88 Å². The number of aliphatic hydroxyl groups excluding tert-OH is 1. The third-order valence-corrected chi connectivity index (χ3v) is 4.22. The van der Waals surface area contributed by atoms with E-state index < -0.39 is 0 Å². The van der Waals surface area contributed by atoms with Gasteiger partial charge >= 0.3 is 0 Å². The van der Waals surface area contributed by atoms with Crippen molar-refractivity contribution in [2.24, 2.45) is 0 Å². The van der Waals surface area contributed by atoms with Gasteiger partial charge in [-0.3, -0.25) is 0 Å². The summed E-state index contributed by atoms with van der Waals surface area (Å²) in [4.78, 5) is 3.79. The zero-order valence-electron chi connectivity index (χ0n) is 10.2. The Morgan fingerprint density at radius 1 is 1.29 bits per heavy atom. The monoisotopic (exact) mass is 249 g/mol. The number of nitrogens with zero attached hydrogens (tertiary/aromatic N) is 1. The molecule has 2 rings (SSSR count). The highest BCUT2D eigenvalue weighted by atomic mass is 32.2. The van der Waals surface area contributed by atoms with E-state index in [0.29, 0.717) is 0 Å². The first-order valence-electron chi connectivity index (χ1n) is 6.09. The molecule has 0 saturated carbocycles. The standard InChI is InChI=1S/C14H19NOS/c1-2-13-14(8-9-16)17-11-15(13)10-12-6-4-3-5-7-12/h3-7,16H,2,8-11H2,1H3. The number of hydrogen-bond donors (Lipinski definition) is 1. The number of rotatable bonds is 5. The molecule has 0 atom stereocenters. The maximum atomic E-state index is 9.05. The molecule has 0 saturated heterocycles. The van der Waals surface area contributed by atoms with Crippen LogP contribution in [-0.2, 0) is 6.54 Å². The lowest BCUT2D eigenvalue weighted by molar-refractivity contribution is 0.300. The molecule has 3 heteroatoms. The topological polar surface area (TPSA) is 23.5 Å². The van der Waals surface area contributed by atoms with Crippen molar-refractivity contribution in [1.82, 2.24) is 4.90 Å². The highest BCUT2D eigenvalue weighted by Crippen LogP contribution is 2.36. The molecule has 1 aliphatic rings. The van der Waals surface area contributed by atoms with Crippen molar-refractivity contribution in [1.29, 1.82) is 0 Å². The van der Waals surface area contributed by atoms with Crippen LogP contribution in [0.25, 0.3) is 0 Å². The quantitative estimate of drug-likeness (QED) is 0.867. The van der Waals surface area contributed by atoms with Gasteiger partial charge in [-0.05, 0) is 12.0 Å². The minimum Gasteiger partial charge on any atom is -0.396 e. The van der Waals surface area contributed by atoms with Crippen LogP contribution in [0, 0.1) is 0 Å². The fourth-order valence-electron chi connectivity index (χ4n) is 2.18. The van der Waals surface area contributed by atoms with E-state index in [1.807, 2.05) is 11.8 Å². The first-order valence-corrected chi connectivity index (χ1v) is 7.08. The van der Waals surface area contributed by atoms with Gasteiger partial charge < -0.3 is 10.0 Å². The SMILES string of the molecule is CCC1=C(CCO)SCN1Cc1ccccc1. The van der Waals surface area contributed by atoms with Crippen molar-refractivity contribution >= 4 is 11.8 Å². The largest absolute Gasteiger partial charge is 0.396 e. The molecular formula is C14H19NOS. The second-order valence-corrected chi connectivity index (χ2v) is 5.19. The predicted octanol–water partition coefficient (Wildman–Crippen LogP) is 3.20. The number of thioether (sulfide) groups is 1. The Kier molecular flexibility index (Phi) is 4.51. The second-order valence-electron chi connectivity index (χ2n) is 4.15. The van der Waals surface area contributed by atoms with Gasteiger partial charge in [0.2, 0.25) is 0 Å². The van der Waals surface area contributed by atoms with Crippen LogP contribution in [0.2, 0.25) is 0 Å². The molecule has 92 valence electrons. The van der Waals surface area contributed by atoms with Crippen LogP contribution in [-0.4, -0.2) is 22.5 Å². The normalized spacial score (nSPS) is 15.8. The lowest BCUT2D eigenvalue weighted by Gasteiger charge is -2.21. The molecule has 0 fully saturated rings. The first-order chi connectivity index (χ1) is 8.35. The van der Waals surface area contributed by atoms with Gasteiger partial charge in [0.15, 0.2) is 0 Å². The van der Waals surface area contributed by atoms with Crippen molar-refractivity contribution < 1.29 is 5.11 Å². The van der Waals surface area contributed by atoms with E-state index in [0.717, 1.165) is 25.3 Å². The van der Waals surface area contributed by atoms with Crippen LogP contribution in [0.4, 0.5) is 0 Å². The van der Waals surface area contributed by atoms with E-state index in [2.05, 4.69) is 42.2 Å². The smallest absolute Gasteiger partial charge is 0.0684 e. The number of aliphatic hydroxyl groups is 1. The molecule has 1 aliphatic heterocycles. The van der Waals surface area contributed by atoms with Gasteiger partial charge in [-0.25, -0.2) is 0 Å². The van der Waals surface area contributed by atoms with E-state index in [1.165, 1.54) is 16.2 Å². The van der Waals surface area contributed by atoms with Crippen LogP contribution >= 0.6 is 11.8 Å². The summed E-state index contributed by atoms with van der Waals surface area (Å²) in [5.74, 6) is 1.02. The van der Waals surface area contributed by atoms with E-state index >= 15 is 0 Å². The molecule has 1 aromatic carbocycles. The molecule has 0 aromatic heterocycles. The third kappa shape index (κ3) is 3.05. The molecule has 1 aromatic rings. The molecule has 0 aliphatic carbocycles. The van der Waals surface area contributed by atoms with Gasteiger partial charge in [0.25, 0.3) is 0 Å². The van der Waals surface area contributed by atoms with Gasteiger partial charge in [-0.1, -0.05) is 37.3 Å². The number of benzene rings is 1. The molecule has 0 bridgehead atoms. The molecule has 0 spiro atoms. The summed E-state index contributed by atoms with van der Waals surface area (Å²) in [7, 11) is 0. The molecular weight excluding hydrogens is 230 g/mol. The van der Waals surface area contributed by atoms with E-state index in [4.69, 9.17) is 5.11 Å². The lowest BCUT2D eigenvalue weighted by Crippen LogP contribution is -2.18. The Bertz CT molecular complexity index is 388. The zero-order valence-corrected chi connectivity index (χ0v) is 11.0. The summed E-state index contributed by atoms with van der Waals surface area (Å²) in [6, 6.07) is 10.6. The van der Waals surface area contributed by atoms with Crippen molar-refractivity contribution in [3.63, 3.8) is 0 Å². The average Bonchev–Trinajstić information content (AvgIpc) is 2.73. The van der Waals surface area contributed by atoms with Gasteiger partial charge in [0, 0.05) is 30.2 Å². The van der Waals surface area contributed by atoms with Crippen molar-refractivity contribution in [2.75, 3.05) is 12.5 Å². The van der Waals surface area contributed by atoms with Crippen molar-refractivity contribution in [3.8, 4) is 0 Å². The Morgan fingerprint density at radius 3 is 2.71 bits per heavy atom. The molecule has 2 nitrogen and oxygen atoms in total. The van der Waals surface area contributed by atoms with Crippen LogP contribution in [0.5, 0.6) is 0 Å². The summed E-state index contributed by atoms with van der Waals surface area (Å²) in [5, 5.41) is 9.05. The summed E-state index contributed by atoms with van der Waals surface area (Å²) in [6.07, 6.45) is 1.86. The highest BCUT2D eigenvalue weighted by molar-refractivity contribution is 8.03. The van der Waals surface area contributed by atoms with Gasteiger partial charge in [-0.15, -0.1) is 11.8 Å². The Balaban J connectivity index is 2.07. The molecule has 1 heterocycles. The van der Waals surface area contributed by atoms with Crippen molar-refractivity contribution in [2.45, 2.75) is 26.3 Å². The van der Waals surface area contributed by atoms with Crippen molar-refractivity contribution in [3.05, 3.63) is 46.5 Å². The molecule has 1 N–H and O–H groups in total. The Hall–Kier alpha value is -0.930. The average molecular weight is 249 g/mol. The molecule has 0 unspecified atom stereocenters. The third-order valence-electron chi connectivity index (χ3n) is 2.99. The van der Waals surface area contributed by atoms with E-state index in [1.54, 1.807) is 0 Å². The molecule has 17 heavy (non-hydrogen) atoms. The van der Waals surface area contributed by atoms with Crippen LogP contribution in [0.1, 0.15) is 25.3 Å². The minimum atomic E-state index is 0.255. The van der Waals surface area contributed by atoms with Crippen LogP contribution in [0.15, 0.2) is 40.9 Å². The molecule has 0 radical (unpaired) electrons. The summed E-state index contributed by atoms with van der Waals surface area (Å²) in [6.45, 7) is 3.42. The van der Waals surface area contributed by atoms with Crippen LogP contribution < -0.4 is 0 Å². The maximum Gasteiger partial charge on any atom is 0.0684 e. The fraction of sp³-hybridized carbons (Fsp3) is 0.429. The Morgan fingerprint density at radius 2 is 2.06 bits per heavy atom. The zero-order chi connectivity index (χ0) is 12.1. The lowest BCUT2D eigenvalue weighted by atomic mass is 10.2. The van der Waals surface area contributed by atoms with Gasteiger partial charge in [0.1, 0.15) is 0 Å². The van der Waals surface area contributed by atoms with Crippen LogP contribution in [0.3, 0.4) is 0 Å². The summed E-state index contributed by atoms with van der Waals surface area (Å²) in [5.41, 5.74) is 2.76. The number of hydrogen-bond acceptors (Lipinski definition) is 3. The van der Waals surface area contributed by atoms with E-state index in [9.17, 15) is 0 Å². The summed E-state index contributed by atoms with van der Waals surface area (Å²) < 4.78 is 0. The number of allylic oxidation sites excluding steroid dienone is 1. The Labute approximate surface area is 107 Å². The van der Waals surface area contributed by atoms with E-state index in [-0.39, 0.29) is 6.61 Å². The summed E-state index contributed by atoms with van der Waals surface area (Å²) >= 11 is 1.87. The first kappa shape index (κ1) is 12.5. The second kappa shape index (κ2) is 6.12. The van der Waals surface area contributed by atoms with Gasteiger partial charge in [-0.2, -0.15) is 0 Å². The molecule has 0 amide bonds. The maximum absolute atomic E-state index is 9.05. The fourth-order valence-corrected chi connectivity index (χ4v) is 3.41.